The van der Waals surface area contributed by atoms with Crippen LogP contribution in [0.25, 0.3) is 0 Å². The molecule has 78 valence electrons. The maximum Gasteiger partial charge on any atom is 0.179 e. The molecule has 1 fully saturated rings. The lowest BCUT2D eigenvalue weighted by Crippen LogP contribution is -1.99. The van der Waals surface area contributed by atoms with Crippen LogP contribution in [0.4, 0.5) is 0 Å². The van der Waals surface area contributed by atoms with Crippen molar-refractivity contribution in [3.8, 4) is 0 Å². The number of nitrogens with zero attached hydrogens (tertiary/aromatic N) is 2. The van der Waals surface area contributed by atoms with Gasteiger partial charge < -0.3 is 4.74 Å². The molecule has 1 aliphatic heterocycles. The molecule has 2 rings (SSSR count). The van der Waals surface area contributed by atoms with Crippen molar-refractivity contribution in [2.24, 2.45) is 5.92 Å². The predicted molar refractivity (Wildman–Crippen MR) is 52.9 cm³/mol. The molecule has 4 nitrogen and oxygen atoms in total. The van der Waals surface area contributed by atoms with Crippen molar-refractivity contribution < 1.29 is 4.74 Å². The van der Waals surface area contributed by atoms with E-state index in [1.807, 2.05) is 0 Å². The third kappa shape index (κ3) is 2.12. The van der Waals surface area contributed by atoms with Crippen LogP contribution < -0.4 is 0 Å². The van der Waals surface area contributed by atoms with E-state index < -0.39 is 0 Å². The summed E-state index contributed by atoms with van der Waals surface area (Å²) in [5.74, 6) is 2.42. The fourth-order valence-electron chi connectivity index (χ4n) is 1.71. The van der Waals surface area contributed by atoms with Gasteiger partial charge in [0, 0.05) is 13.0 Å². The number of aromatic amines is 1. The standard InChI is InChI=1S/C10H17N3O/c1-7(2)6-9-11-10(13-12-9)8-4-3-5-14-8/h7-8H,3-6H2,1-2H3,(H,11,12,13). The van der Waals surface area contributed by atoms with Crippen LogP contribution in [0.5, 0.6) is 0 Å². The molecule has 1 aliphatic rings. The summed E-state index contributed by atoms with van der Waals surface area (Å²) in [6.45, 7) is 5.20. The Morgan fingerprint density at radius 2 is 2.43 bits per heavy atom. The minimum atomic E-state index is 0.132. The van der Waals surface area contributed by atoms with Crippen LogP contribution in [0.3, 0.4) is 0 Å². The summed E-state index contributed by atoms with van der Waals surface area (Å²) in [4.78, 5) is 4.44. The zero-order valence-electron chi connectivity index (χ0n) is 8.79. The highest BCUT2D eigenvalue weighted by Gasteiger charge is 2.21. The Balaban J connectivity index is 2.01. The minimum Gasteiger partial charge on any atom is -0.370 e. The van der Waals surface area contributed by atoms with Crippen molar-refractivity contribution >= 4 is 0 Å². The molecule has 0 bridgehead atoms. The topological polar surface area (TPSA) is 50.8 Å². The molecule has 4 heteroatoms. The second-order valence-corrected chi connectivity index (χ2v) is 4.24. The minimum absolute atomic E-state index is 0.132. The predicted octanol–water partition coefficient (Wildman–Crippen LogP) is 1.85. The van der Waals surface area contributed by atoms with Crippen LogP contribution in [-0.2, 0) is 11.2 Å². The maximum absolute atomic E-state index is 5.51. The molecule has 1 aromatic rings. The highest BCUT2D eigenvalue weighted by atomic mass is 16.5. The number of hydrogen-bond donors (Lipinski definition) is 1. The maximum atomic E-state index is 5.51. The van der Waals surface area contributed by atoms with Gasteiger partial charge in [-0.15, -0.1) is 0 Å². The first kappa shape index (κ1) is 9.65. The van der Waals surface area contributed by atoms with Crippen LogP contribution in [-0.4, -0.2) is 21.8 Å². The van der Waals surface area contributed by atoms with E-state index in [4.69, 9.17) is 4.74 Å². The fraction of sp³-hybridized carbons (Fsp3) is 0.800. The molecule has 2 heterocycles. The van der Waals surface area contributed by atoms with E-state index in [1.165, 1.54) is 0 Å². The third-order valence-electron chi connectivity index (χ3n) is 2.37. The first-order chi connectivity index (χ1) is 6.75. The molecule has 0 aliphatic carbocycles. The zero-order valence-corrected chi connectivity index (χ0v) is 8.79. The smallest absolute Gasteiger partial charge is 0.179 e. The van der Waals surface area contributed by atoms with Crippen molar-refractivity contribution in [1.29, 1.82) is 0 Å². The number of aromatic nitrogens is 3. The lowest BCUT2D eigenvalue weighted by Gasteiger charge is -2.02. The lowest BCUT2D eigenvalue weighted by atomic mass is 10.1. The molecule has 0 amide bonds. The molecule has 14 heavy (non-hydrogen) atoms. The van der Waals surface area contributed by atoms with Crippen molar-refractivity contribution in [1.82, 2.24) is 15.2 Å². The monoisotopic (exact) mass is 195 g/mol. The van der Waals surface area contributed by atoms with Gasteiger partial charge in [-0.05, 0) is 18.8 Å². The number of nitrogens with one attached hydrogen (secondary N) is 1. The molecule has 1 aromatic heterocycles. The van der Waals surface area contributed by atoms with Gasteiger partial charge in [-0.25, -0.2) is 4.98 Å². The van der Waals surface area contributed by atoms with Crippen LogP contribution in [0.15, 0.2) is 0 Å². The zero-order chi connectivity index (χ0) is 9.97. The fourth-order valence-corrected chi connectivity index (χ4v) is 1.71. The Bertz CT molecular complexity index is 289. The normalized spacial score (nSPS) is 22.1. The Morgan fingerprint density at radius 3 is 3.07 bits per heavy atom. The third-order valence-corrected chi connectivity index (χ3v) is 2.37. The van der Waals surface area contributed by atoms with Crippen molar-refractivity contribution in [3.05, 3.63) is 11.6 Å². The summed E-state index contributed by atoms with van der Waals surface area (Å²) in [6.07, 6.45) is 3.27. The summed E-state index contributed by atoms with van der Waals surface area (Å²) in [6, 6.07) is 0. The molecule has 0 spiro atoms. The quantitative estimate of drug-likeness (QED) is 0.800. The number of H-pyrrole nitrogens is 1. The highest BCUT2D eigenvalue weighted by Crippen LogP contribution is 2.25. The SMILES string of the molecule is CC(C)Cc1nc(C2CCCO2)n[nH]1. The van der Waals surface area contributed by atoms with Crippen molar-refractivity contribution in [3.63, 3.8) is 0 Å². The van der Waals surface area contributed by atoms with Crippen LogP contribution in [0.2, 0.25) is 0 Å². The van der Waals surface area contributed by atoms with Gasteiger partial charge >= 0.3 is 0 Å². The average Bonchev–Trinajstić information content (AvgIpc) is 2.69. The van der Waals surface area contributed by atoms with Gasteiger partial charge in [0.15, 0.2) is 5.82 Å². The molecule has 0 radical (unpaired) electrons. The average molecular weight is 195 g/mol. The summed E-state index contributed by atoms with van der Waals surface area (Å²) < 4.78 is 5.51. The second-order valence-electron chi connectivity index (χ2n) is 4.24. The van der Waals surface area contributed by atoms with Gasteiger partial charge in [-0.2, -0.15) is 5.10 Å². The molecule has 1 N–H and O–H groups in total. The summed E-state index contributed by atoms with van der Waals surface area (Å²) in [5, 5.41) is 7.16. The van der Waals surface area contributed by atoms with Crippen molar-refractivity contribution in [2.75, 3.05) is 6.61 Å². The Morgan fingerprint density at radius 1 is 1.57 bits per heavy atom. The van der Waals surface area contributed by atoms with Gasteiger partial charge in [-0.1, -0.05) is 13.8 Å². The largest absolute Gasteiger partial charge is 0.370 e. The van der Waals surface area contributed by atoms with Gasteiger partial charge in [0.25, 0.3) is 0 Å². The number of hydrogen-bond acceptors (Lipinski definition) is 3. The van der Waals surface area contributed by atoms with E-state index >= 15 is 0 Å². The molecule has 1 saturated heterocycles. The van der Waals surface area contributed by atoms with E-state index in [-0.39, 0.29) is 6.10 Å². The molecular weight excluding hydrogens is 178 g/mol. The first-order valence-electron chi connectivity index (χ1n) is 5.28. The Kier molecular flexibility index (Phi) is 2.82. The van der Waals surface area contributed by atoms with E-state index in [2.05, 4.69) is 29.0 Å². The lowest BCUT2D eigenvalue weighted by molar-refractivity contribution is 0.105. The van der Waals surface area contributed by atoms with E-state index in [0.29, 0.717) is 5.92 Å². The molecular formula is C10H17N3O. The van der Waals surface area contributed by atoms with Crippen LogP contribution in [0.1, 0.15) is 44.4 Å². The Labute approximate surface area is 84.1 Å². The van der Waals surface area contributed by atoms with Crippen molar-refractivity contribution in [2.45, 2.75) is 39.2 Å². The molecule has 1 unspecified atom stereocenters. The summed E-state index contributed by atoms with van der Waals surface area (Å²) in [5.41, 5.74) is 0. The van der Waals surface area contributed by atoms with Gasteiger partial charge in [-0.3, -0.25) is 5.10 Å². The van der Waals surface area contributed by atoms with Crippen LogP contribution in [0, 0.1) is 5.92 Å². The van der Waals surface area contributed by atoms with Crippen LogP contribution >= 0.6 is 0 Å². The highest BCUT2D eigenvalue weighted by molar-refractivity contribution is 4.96. The Hall–Kier alpha value is -0.900. The van der Waals surface area contributed by atoms with E-state index in [0.717, 1.165) is 37.5 Å². The number of rotatable bonds is 3. The first-order valence-corrected chi connectivity index (χ1v) is 5.28. The van der Waals surface area contributed by atoms with Gasteiger partial charge in [0.05, 0.1) is 0 Å². The van der Waals surface area contributed by atoms with Gasteiger partial charge in [0.1, 0.15) is 11.9 Å². The summed E-state index contributed by atoms with van der Waals surface area (Å²) in [7, 11) is 0. The molecule has 1 atom stereocenters. The van der Waals surface area contributed by atoms with E-state index in [1.54, 1.807) is 0 Å². The molecule has 0 aromatic carbocycles. The van der Waals surface area contributed by atoms with E-state index in [9.17, 15) is 0 Å². The number of ether oxygens (including phenoxy) is 1. The second kappa shape index (κ2) is 4.09. The molecule has 0 saturated carbocycles. The van der Waals surface area contributed by atoms with Gasteiger partial charge in [0.2, 0.25) is 0 Å². The summed E-state index contributed by atoms with van der Waals surface area (Å²) >= 11 is 0.